The maximum Gasteiger partial charge on any atom is 0.117 e. The van der Waals surface area contributed by atoms with E-state index in [1.807, 2.05) is 6.07 Å². The molecule has 0 amide bonds. The van der Waals surface area contributed by atoms with Crippen molar-refractivity contribution >= 4 is 0 Å². The molecular formula is C6H6N2O. The summed E-state index contributed by atoms with van der Waals surface area (Å²) in [4.78, 5) is 2.70. The first-order valence-electron chi connectivity index (χ1n) is 2.55. The quantitative estimate of drug-likeness (QED) is 0.565. The second kappa shape index (κ2) is 2.33. The minimum atomic E-state index is -0.0400. The van der Waals surface area contributed by atoms with Crippen LogP contribution in [0.5, 0.6) is 0 Å². The maximum absolute atomic E-state index is 8.51. The van der Waals surface area contributed by atoms with Gasteiger partial charge in [0.1, 0.15) is 11.8 Å². The molecule has 0 atom stereocenters. The second-order valence-electron chi connectivity index (χ2n) is 1.67. The average molecular weight is 122 g/mol. The second-order valence-corrected chi connectivity index (χ2v) is 1.67. The standard InChI is InChI=1S/C6H6N2O/c7-3-5-1-2-6(4-9)8-5/h1-2,8-9H,4H2. The van der Waals surface area contributed by atoms with Gasteiger partial charge in [-0.3, -0.25) is 0 Å². The molecule has 0 radical (unpaired) electrons. The summed E-state index contributed by atoms with van der Waals surface area (Å²) in [7, 11) is 0. The first-order chi connectivity index (χ1) is 4.36. The zero-order valence-corrected chi connectivity index (χ0v) is 4.76. The maximum atomic E-state index is 8.51. The smallest absolute Gasteiger partial charge is 0.117 e. The van der Waals surface area contributed by atoms with E-state index in [1.54, 1.807) is 12.1 Å². The summed E-state index contributed by atoms with van der Waals surface area (Å²) < 4.78 is 0. The summed E-state index contributed by atoms with van der Waals surface area (Å²) in [6.45, 7) is -0.0400. The molecule has 3 nitrogen and oxygen atoms in total. The molecule has 0 aliphatic rings. The lowest BCUT2D eigenvalue weighted by molar-refractivity contribution is 0.277. The molecule has 0 fully saturated rings. The van der Waals surface area contributed by atoms with E-state index in [0.29, 0.717) is 11.4 Å². The fourth-order valence-corrected chi connectivity index (χ4v) is 0.598. The Morgan fingerprint density at radius 2 is 2.44 bits per heavy atom. The Kier molecular flexibility index (Phi) is 1.52. The Labute approximate surface area is 52.6 Å². The molecule has 9 heavy (non-hydrogen) atoms. The Balaban J connectivity index is 2.90. The van der Waals surface area contributed by atoms with Crippen molar-refractivity contribution in [3.63, 3.8) is 0 Å². The molecule has 0 unspecified atom stereocenters. The molecule has 1 aromatic rings. The van der Waals surface area contributed by atoms with Gasteiger partial charge < -0.3 is 10.1 Å². The van der Waals surface area contributed by atoms with Gasteiger partial charge in [0.2, 0.25) is 0 Å². The minimum absolute atomic E-state index is 0.0400. The van der Waals surface area contributed by atoms with Crippen LogP contribution in [0.3, 0.4) is 0 Å². The molecule has 3 heteroatoms. The summed E-state index contributed by atoms with van der Waals surface area (Å²) in [5, 5.41) is 16.8. The molecule has 0 aliphatic heterocycles. The molecule has 0 bridgehead atoms. The van der Waals surface area contributed by atoms with Crippen LogP contribution >= 0.6 is 0 Å². The molecule has 1 heterocycles. The lowest BCUT2D eigenvalue weighted by atomic mass is 10.4. The van der Waals surface area contributed by atoms with E-state index in [2.05, 4.69) is 4.98 Å². The number of nitriles is 1. The van der Waals surface area contributed by atoms with Crippen LogP contribution in [0, 0.1) is 11.3 Å². The third-order valence-electron chi connectivity index (χ3n) is 1.04. The van der Waals surface area contributed by atoms with Gasteiger partial charge in [-0.1, -0.05) is 0 Å². The molecular weight excluding hydrogens is 116 g/mol. The monoisotopic (exact) mass is 122 g/mol. The van der Waals surface area contributed by atoms with Gasteiger partial charge in [-0.15, -0.1) is 0 Å². The molecule has 1 rings (SSSR count). The zero-order valence-electron chi connectivity index (χ0n) is 4.76. The van der Waals surface area contributed by atoms with Crippen molar-refractivity contribution in [1.82, 2.24) is 4.98 Å². The van der Waals surface area contributed by atoms with Crippen molar-refractivity contribution in [2.75, 3.05) is 0 Å². The van der Waals surface area contributed by atoms with Gasteiger partial charge in [-0.2, -0.15) is 5.26 Å². The number of nitrogens with one attached hydrogen (secondary N) is 1. The molecule has 1 aromatic heterocycles. The van der Waals surface area contributed by atoms with Crippen molar-refractivity contribution < 1.29 is 5.11 Å². The van der Waals surface area contributed by atoms with Gasteiger partial charge >= 0.3 is 0 Å². The minimum Gasteiger partial charge on any atom is -0.390 e. The van der Waals surface area contributed by atoms with Crippen LogP contribution in [0.2, 0.25) is 0 Å². The van der Waals surface area contributed by atoms with Crippen LogP contribution in [0.1, 0.15) is 11.4 Å². The topological polar surface area (TPSA) is 59.8 Å². The third kappa shape index (κ3) is 1.09. The first-order valence-corrected chi connectivity index (χ1v) is 2.55. The van der Waals surface area contributed by atoms with Crippen molar-refractivity contribution in [3.05, 3.63) is 23.5 Å². The number of aromatic amines is 1. The summed E-state index contributed by atoms with van der Waals surface area (Å²) in [6.07, 6.45) is 0. The van der Waals surface area contributed by atoms with E-state index in [-0.39, 0.29) is 6.61 Å². The normalized spacial score (nSPS) is 8.89. The van der Waals surface area contributed by atoms with Crippen molar-refractivity contribution in [2.24, 2.45) is 0 Å². The Bertz CT molecular complexity index is 233. The van der Waals surface area contributed by atoms with Crippen LogP contribution in [-0.4, -0.2) is 10.1 Å². The summed E-state index contributed by atoms with van der Waals surface area (Å²) in [5.41, 5.74) is 1.16. The number of aliphatic hydroxyl groups is 1. The van der Waals surface area contributed by atoms with Gasteiger partial charge in [-0.05, 0) is 12.1 Å². The predicted molar refractivity (Wildman–Crippen MR) is 31.4 cm³/mol. The number of hydrogen-bond acceptors (Lipinski definition) is 2. The van der Waals surface area contributed by atoms with Crippen molar-refractivity contribution in [3.8, 4) is 6.07 Å². The molecule has 0 saturated carbocycles. The lowest BCUT2D eigenvalue weighted by Gasteiger charge is -1.83. The summed E-state index contributed by atoms with van der Waals surface area (Å²) in [5.74, 6) is 0. The Morgan fingerprint density at radius 1 is 1.67 bits per heavy atom. The highest BCUT2D eigenvalue weighted by atomic mass is 16.3. The summed E-state index contributed by atoms with van der Waals surface area (Å²) in [6, 6.07) is 5.22. The third-order valence-corrected chi connectivity index (χ3v) is 1.04. The molecule has 0 spiro atoms. The van der Waals surface area contributed by atoms with Gasteiger partial charge in [0.25, 0.3) is 0 Å². The lowest BCUT2D eigenvalue weighted by Crippen LogP contribution is -1.80. The van der Waals surface area contributed by atoms with Crippen LogP contribution in [0.15, 0.2) is 12.1 Å². The SMILES string of the molecule is N#Cc1ccc(CO)[nH]1. The molecule has 0 aromatic carbocycles. The Hall–Kier alpha value is -1.27. The van der Waals surface area contributed by atoms with Crippen molar-refractivity contribution in [2.45, 2.75) is 6.61 Å². The van der Waals surface area contributed by atoms with Gasteiger partial charge in [-0.25, -0.2) is 0 Å². The fourth-order valence-electron chi connectivity index (χ4n) is 0.598. The van der Waals surface area contributed by atoms with Crippen molar-refractivity contribution in [1.29, 1.82) is 5.26 Å². The highest BCUT2D eigenvalue weighted by Crippen LogP contribution is 1.98. The van der Waals surface area contributed by atoms with Gasteiger partial charge in [0.05, 0.1) is 6.61 Å². The van der Waals surface area contributed by atoms with E-state index in [1.165, 1.54) is 0 Å². The predicted octanol–water partition coefficient (Wildman–Crippen LogP) is 0.379. The number of aliphatic hydroxyl groups excluding tert-OH is 1. The van der Waals surface area contributed by atoms with Gasteiger partial charge in [0, 0.05) is 5.69 Å². The van der Waals surface area contributed by atoms with Crippen LogP contribution < -0.4 is 0 Å². The number of hydrogen-bond donors (Lipinski definition) is 2. The molecule has 2 N–H and O–H groups in total. The van der Waals surface area contributed by atoms with Crippen LogP contribution in [0.25, 0.3) is 0 Å². The number of H-pyrrole nitrogens is 1. The molecule has 0 saturated heterocycles. The van der Waals surface area contributed by atoms with E-state index in [9.17, 15) is 0 Å². The van der Waals surface area contributed by atoms with E-state index in [4.69, 9.17) is 10.4 Å². The fraction of sp³-hybridized carbons (Fsp3) is 0.167. The average Bonchev–Trinajstić information content (AvgIpc) is 2.34. The Morgan fingerprint density at radius 3 is 2.78 bits per heavy atom. The number of aromatic nitrogens is 1. The number of rotatable bonds is 1. The largest absolute Gasteiger partial charge is 0.390 e. The summed E-state index contributed by atoms with van der Waals surface area (Å²) >= 11 is 0. The molecule has 46 valence electrons. The van der Waals surface area contributed by atoms with Crippen LogP contribution in [0.4, 0.5) is 0 Å². The highest BCUT2D eigenvalue weighted by Gasteiger charge is 1.92. The number of nitrogens with zero attached hydrogens (tertiary/aromatic N) is 1. The van der Waals surface area contributed by atoms with E-state index in [0.717, 1.165) is 0 Å². The van der Waals surface area contributed by atoms with Crippen LogP contribution in [-0.2, 0) is 6.61 Å². The van der Waals surface area contributed by atoms with E-state index >= 15 is 0 Å². The van der Waals surface area contributed by atoms with Gasteiger partial charge in [0.15, 0.2) is 0 Å². The zero-order chi connectivity index (χ0) is 6.69. The van der Waals surface area contributed by atoms with E-state index < -0.39 is 0 Å². The highest BCUT2D eigenvalue weighted by molar-refractivity contribution is 5.23. The molecule has 0 aliphatic carbocycles. The first kappa shape index (κ1) is 5.86.